The molecule has 1 heterocycles. The lowest BCUT2D eigenvalue weighted by molar-refractivity contribution is 0.0622. The third kappa shape index (κ3) is 3.70. The average Bonchev–Trinajstić information content (AvgIpc) is 2.67. The number of hydrogen-bond donors (Lipinski definition) is 2. The van der Waals surface area contributed by atoms with Gasteiger partial charge < -0.3 is 15.6 Å². The van der Waals surface area contributed by atoms with Crippen molar-refractivity contribution in [3.8, 4) is 5.75 Å². The van der Waals surface area contributed by atoms with Crippen molar-refractivity contribution in [2.75, 3.05) is 13.7 Å². The summed E-state index contributed by atoms with van der Waals surface area (Å²) in [6.07, 6.45) is 7.59. The maximum absolute atomic E-state index is 11.1. The lowest BCUT2D eigenvalue weighted by Gasteiger charge is -2.35. The molecule has 4 atom stereocenters. The van der Waals surface area contributed by atoms with Gasteiger partial charge in [0, 0.05) is 11.6 Å². The first-order chi connectivity index (χ1) is 12.2. The van der Waals surface area contributed by atoms with E-state index in [4.69, 9.17) is 10.5 Å². The number of aliphatic hydroxyl groups excluding tert-OH is 1. The second-order valence-corrected chi connectivity index (χ2v) is 7.05. The van der Waals surface area contributed by atoms with Gasteiger partial charge in [0.15, 0.2) is 0 Å². The standard InChI is InChI=1S/C21H28N2O2/c1-3-14(13-22)15-5-4-6-16(11-15)21(24)18-9-10-23-20-8-7-17(25-2)12-19(18)20/h3,7-10,12,14-16,21,24H,1,4-6,11,13,22H2,2H3/t14-,15-,16-,21-/m0/s1. The molecule has 4 heteroatoms. The summed E-state index contributed by atoms with van der Waals surface area (Å²) in [6, 6.07) is 7.74. The van der Waals surface area contributed by atoms with E-state index < -0.39 is 6.10 Å². The van der Waals surface area contributed by atoms with Crippen LogP contribution in [0, 0.1) is 17.8 Å². The Bertz CT molecular complexity index is 731. The Balaban J connectivity index is 1.88. The predicted octanol–water partition coefficient (Wildman–Crippen LogP) is 3.84. The number of fused-ring (bicyclic) bond motifs is 1. The normalized spacial score (nSPS) is 23.2. The van der Waals surface area contributed by atoms with Crippen LogP contribution in [-0.2, 0) is 0 Å². The number of aromatic nitrogens is 1. The van der Waals surface area contributed by atoms with Gasteiger partial charge in [-0.3, -0.25) is 4.98 Å². The maximum atomic E-state index is 11.1. The highest BCUT2D eigenvalue weighted by Crippen LogP contribution is 2.41. The second kappa shape index (κ2) is 7.98. The Morgan fingerprint density at radius 1 is 1.36 bits per heavy atom. The molecule has 0 unspecified atom stereocenters. The largest absolute Gasteiger partial charge is 0.497 e. The van der Waals surface area contributed by atoms with Crippen molar-refractivity contribution >= 4 is 10.9 Å². The molecule has 25 heavy (non-hydrogen) atoms. The summed E-state index contributed by atoms with van der Waals surface area (Å²) in [5.74, 6) is 1.87. The van der Waals surface area contributed by atoms with Crippen molar-refractivity contribution in [2.24, 2.45) is 23.5 Å². The molecule has 0 saturated heterocycles. The van der Waals surface area contributed by atoms with Gasteiger partial charge in [-0.15, -0.1) is 6.58 Å². The zero-order valence-electron chi connectivity index (χ0n) is 14.9. The van der Waals surface area contributed by atoms with Crippen LogP contribution in [0.5, 0.6) is 5.75 Å². The fourth-order valence-corrected chi connectivity index (χ4v) is 4.21. The monoisotopic (exact) mass is 340 g/mol. The highest BCUT2D eigenvalue weighted by molar-refractivity contribution is 5.83. The van der Waals surface area contributed by atoms with Crippen molar-refractivity contribution in [3.05, 3.63) is 48.7 Å². The van der Waals surface area contributed by atoms with E-state index in [1.807, 2.05) is 30.3 Å². The van der Waals surface area contributed by atoms with Gasteiger partial charge in [-0.05, 0) is 73.4 Å². The van der Waals surface area contributed by atoms with Crippen LogP contribution in [0.15, 0.2) is 43.1 Å². The van der Waals surface area contributed by atoms with E-state index in [1.165, 1.54) is 6.42 Å². The highest BCUT2D eigenvalue weighted by atomic mass is 16.5. The van der Waals surface area contributed by atoms with E-state index in [1.54, 1.807) is 13.3 Å². The van der Waals surface area contributed by atoms with E-state index in [9.17, 15) is 5.11 Å². The van der Waals surface area contributed by atoms with Crippen LogP contribution in [0.1, 0.15) is 37.4 Å². The third-order valence-corrected chi connectivity index (χ3v) is 5.68. The van der Waals surface area contributed by atoms with Crippen LogP contribution in [0.2, 0.25) is 0 Å². The summed E-state index contributed by atoms with van der Waals surface area (Å²) in [7, 11) is 1.65. The van der Waals surface area contributed by atoms with Crippen LogP contribution in [0.25, 0.3) is 10.9 Å². The molecule has 1 fully saturated rings. The second-order valence-electron chi connectivity index (χ2n) is 7.05. The number of rotatable bonds is 6. The molecule has 4 nitrogen and oxygen atoms in total. The topological polar surface area (TPSA) is 68.4 Å². The first kappa shape index (κ1) is 17.9. The molecule has 0 amide bonds. The molecule has 1 aliphatic carbocycles. The van der Waals surface area contributed by atoms with E-state index in [-0.39, 0.29) is 5.92 Å². The Hall–Kier alpha value is -1.91. The summed E-state index contributed by atoms with van der Waals surface area (Å²) in [4.78, 5) is 4.42. The van der Waals surface area contributed by atoms with Gasteiger partial charge in [0.1, 0.15) is 5.75 Å². The Labute approximate surface area is 149 Å². The number of methoxy groups -OCH3 is 1. The van der Waals surface area contributed by atoms with Crippen molar-refractivity contribution in [1.29, 1.82) is 0 Å². The van der Waals surface area contributed by atoms with Gasteiger partial charge in [0.25, 0.3) is 0 Å². The lowest BCUT2D eigenvalue weighted by atomic mass is 9.72. The molecule has 0 aliphatic heterocycles. The summed E-state index contributed by atoms with van der Waals surface area (Å²) in [5.41, 5.74) is 7.72. The van der Waals surface area contributed by atoms with Crippen LogP contribution in [-0.4, -0.2) is 23.7 Å². The number of pyridine rings is 1. The van der Waals surface area contributed by atoms with Crippen LogP contribution < -0.4 is 10.5 Å². The Morgan fingerprint density at radius 3 is 2.88 bits per heavy atom. The predicted molar refractivity (Wildman–Crippen MR) is 101 cm³/mol. The number of nitrogens with two attached hydrogens (primary N) is 1. The fourth-order valence-electron chi connectivity index (χ4n) is 4.21. The van der Waals surface area contributed by atoms with E-state index in [2.05, 4.69) is 11.6 Å². The molecule has 2 aromatic rings. The van der Waals surface area contributed by atoms with Gasteiger partial charge in [-0.1, -0.05) is 12.5 Å². The van der Waals surface area contributed by atoms with Crippen LogP contribution in [0.4, 0.5) is 0 Å². The zero-order valence-corrected chi connectivity index (χ0v) is 14.9. The van der Waals surface area contributed by atoms with Crippen molar-refractivity contribution in [1.82, 2.24) is 4.98 Å². The molecular formula is C21H28N2O2. The molecule has 0 spiro atoms. The molecule has 1 saturated carbocycles. The van der Waals surface area contributed by atoms with E-state index in [0.717, 1.165) is 41.5 Å². The number of aliphatic hydroxyl groups is 1. The summed E-state index contributed by atoms with van der Waals surface area (Å²) >= 11 is 0. The van der Waals surface area contributed by atoms with Crippen LogP contribution >= 0.6 is 0 Å². The maximum Gasteiger partial charge on any atom is 0.119 e. The summed E-state index contributed by atoms with van der Waals surface area (Å²) < 4.78 is 5.35. The lowest BCUT2D eigenvalue weighted by Crippen LogP contribution is -2.29. The fraction of sp³-hybridized carbons (Fsp3) is 0.476. The van der Waals surface area contributed by atoms with E-state index >= 15 is 0 Å². The average molecular weight is 340 g/mol. The van der Waals surface area contributed by atoms with Crippen LogP contribution in [0.3, 0.4) is 0 Å². The highest BCUT2D eigenvalue weighted by Gasteiger charge is 2.31. The van der Waals surface area contributed by atoms with E-state index in [0.29, 0.717) is 18.4 Å². The number of benzene rings is 1. The smallest absolute Gasteiger partial charge is 0.119 e. The van der Waals surface area contributed by atoms with Gasteiger partial charge in [-0.25, -0.2) is 0 Å². The molecule has 0 radical (unpaired) electrons. The minimum atomic E-state index is -0.497. The molecule has 1 aromatic heterocycles. The molecule has 1 aliphatic rings. The molecule has 1 aromatic carbocycles. The van der Waals surface area contributed by atoms with Gasteiger partial charge in [0.05, 0.1) is 18.7 Å². The SMILES string of the molecule is C=C[C@@H](CN)[C@H]1CCC[C@H]([C@H](O)c2ccnc3ccc(OC)cc23)C1. The molecule has 3 rings (SSSR count). The minimum Gasteiger partial charge on any atom is -0.497 e. The third-order valence-electron chi connectivity index (χ3n) is 5.68. The number of nitrogens with zero attached hydrogens (tertiary/aromatic N) is 1. The number of ether oxygens (including phenoxy) is 1. The van der Waals surface area contributed by atoms with Crippen molar-refractivity contribution in [2.45, 2.75) is 31.8 Å². The van der Waals surface area contributed by atoms with Gasteiger partial charge in [-0.2, -0.15) is 0 Å². The first-order valence-corrected chi connectivity index (χ1v) is 9.11. The quantitative estimate of drug-likeness (QED) is 0.784. The molecule has 3 N–H and O–H groups in total. The van der Waals surface area contributed by atoms with Crippen molar-refractivity contribution < 1.29 is 9.84 Å². The van der Waals surface area contributed by atoms with Gasteiger partial charge in [0.2, 0.25) is 0 Å². The first-order valence-electron chi connectivity index (χ1n) is 9.11. The Kier molecular flexibility index (Phi) is 5.71. The molecule has 134 valence electrons. The zero-order chi connectivity index (χ0) is 17.8. The molecular weight excluding hydrogens is 312 g/mol. The van der Waals surface area contributed by atoms with Crippen molar-refractivity contribution in [3.63, 3.8) is 0 Å². The summed E-state index contributed by atoms with van der Waals surface area (Å²) in [6.45, 7) is 4.56. The minimum absolute atomic E-state index is 0.240. The molecule has 0 bridgehead atoms. The number of hydrogen-bond acceptors (Lipinski definition) is 4. The van der Waals surface area contributed by atoms with Gasteiger partial charge >= 0.3 is 0 Å². The summed E-state index contributed by atoms with van der Waals surface area (Å²) in [5, 5.41) is 12.1. The Morgan fingerprint density at radius 2 is 2.16 bits per heavy atom.